The summed E-state index contributed by atoms with van der Waals surface area (Å²) >= 11 is 0. The highest BCUT2D eigenvalue weighted by Gasteiger charge is 2.35. The highest BCUT2D eigenvalue weighted by molar-refractivity contribution is 5.81. The summed E-state index contributed by atoms with van der Waals surface area (Å²) in [6.07, 6.45) is 4.41. The van der Waals surface area contributed by atoms with Crippen LogP contribution in [-0.4, -0.2) is 35.6 Å². The summed E-state index contributed by atoms with van der Waals surface area (Å²) in [6.45, 7) is 7.68. The predicted octanol–water partition coefficient (Wildman–Crippen LogP) is 4.34. The Morgan fingerprint density at radius 3 is 2.56 bits per heavy atom. The van der Waals surface area contributed by atoms with Gasteiger partial charge in [-0.25, -0.2) is 0 Å². The van der Waals surface area contributed by atoms with Crippen LogP contribution in [-0.2, 0) is 11.3 Å². The maximum atomic E-state index is 12.9. The fourth-order valence-electron chi connectivity index (χ4n) is 3.89. The number of benzene rings is 1. The monoisotopic (exact) mass is 367 g/mol. The lowest BCUT2D eigenvalue weighted by atomic mass is 10.1. The maximum absolute atomic E-state index is 12.9. The van der Waals surface area contributed by atoms with E-state index in [-0.39, 0.29) is 11.8 Å². The minimum absolute atomic E-state index is 0.221. The van der Waals surface area contributed by atoms with E-state index in [2.05, 4.69) is 36.0 Å². The zero-order chi connectivity index (χ0) is 18.8. The van der Waals surface area contributed by atoms with Crippen LogP contribution >= 0.6 is 0 Å². The molecule has 1 aliphatic carbocycles. The minimum atomic E-state index is 0.221. The Morgan fingerprint density at radius 1 is 1.22 bits per heavy atom. The molecule has 0 unspecified atom stereocenters. The highest BCUT2D eigenvalue weighted by atomic mass is 16.5. The molecule has 2 fully saturated rings. The van der Waals surface area contributed by atoms with Gasteiger partial charge in [0.1, 0.15) is 5.69 Å². The molecule has 0 spiro atoms. The fraction of sp³-hybridized carbons (Fsp3) is 0.545. The van der Waals surface area contributed by atoms with Crippen LogP contribution in [0.25, 0.3) is 11.3 Å². The van der Waals surface area contributed by atoms with Crippen molar-refractivity contribution in [2.24, 2.45) is 11.8 Å². The van der Waals surface area contributed by atoms with Crippen molar-refractivity contribution in [1.82, 2.24) is 10.1 Å². The standard InChI is InChI=1S/C22H29N3O2/c1-16(2)14-25(21(26)18-10-11-18)15-19-20(17-8-4-3-5-9-17)23-27-22(19)24-12-6-7-13-24/h3-5,8-9,16,18H,6-7,10-15H2,1-2H3. The van der Waals surface area contributed by atoms with Crippen molar-refractivity contribution in [1.29, 1.82) is 0 Å². The van der Waals surface area contributed by atoms with E-state index in [1.54, 1.807) is 0 Å². The van der Waals surface area contributed by atoms with Crippen LogP contribution in [0.15, 0.2) is 34.9 Å². The molecule has 1 aromatic carbocycles. The van der Waals surface area contributed by atoms with Crippen LogP contribution in [0, 0.1) is 11.8 Å². The number of carbonyl (C=O) groups excluding carboxylic acids is 1. The number of hydrogen-bond donors (Lipinski definition) is 0. The highest BCUT2D eigenvalue weighted by Crippen LogP contribution is 2.36. The van der Waals surface area contributed by atoms with Gasteiger partial charge < -0.3 is 14.3 Å². The second-order valence-corrected chi connectivity index (χ2v) is 8.26. The number of aromatic nitrogens is 1. The number of rotatable bonds is 7. The topological polar surface area (TPSA) is 49.6 Å². The van der Waals surface area contributed by atoms with Gasteiger partial charge in [-0.3, -0.25) is 4.79 Å². The third-order valence-corrected chi connectivity index (χ3v) is 5.38. The Balaban J connectivity index is 1.69. The van der Waals surface area contributed by atoms with E-state index < -0.39 is 0 Å². The van der Waals surface area contributed by atoms with Crippen LogP contribution in [0.1, 0.15) is 45.1 Å². The molecule has 144 valence electrons. The largest absolute Gasteiger partial charge is 0.340 e. The molecule has 1 saturated heterocycles. The van der Waals surface area contributed by atoms with Gasteiger partial charge in [-0.05, 0) is 31.6 Å². The second kappa shape index (κ2) is 7.75. The molecule has 5 nitrogen and oxygen atoms in total. The number of amides is 1. The Hall–Kier alpha value is -2.30. The van der Waals surface area contributed by atoms with Crippen LogP contribution < -0.4 is 4.90 Å². The summed E-state index contributed by atoms with van der Waals surface area (Å²) in [6, 6.07) is 10.2. The molecule has 4 rings (SSSR count). The molecule has 27 heavy (non-hydrogen) atoms. The normalized spacial score (nSPS) is 16.9. The lowest BCUT2D eigenvalue weighted by Gasteiger charge is -2.26. The molecule has 1 aromatic heterocycles. The molecule has 0 N–H and O–H groups in total. The Kier molecular flexibility index (Phi) is 5.19. The summed E-state index contributed by atoms with van der Waals surface area (Å²) in [7, 11) is 0. The number of carbonyl (C=O) groups is 1. The first-order valence-corrected chi connectivity index (χ1v) is 10.2. The molecular formula is C22H29N3O2. The quantitative estimate of drug-likeness (QED) is 0.731. The molecule has 1 saturated carbocycles. The molecule has 2 heterocycles. The van der Waals surface area contributed by atoms with E-state index in [1.165, 1.54) is 12.8 Å². The summed E-state index contributed by atoms with van der Waals surface area (Å²) in [5.74, 6) is 1.79. The maximum Gasteiger partial charge on any atom is 0.232 e. The summed E-state index contributed by atoms with van der Waals surface area (Å²) in [5.41, 5.74) is 2.97. The van der Waals surface area contributed by atoms with Crippen molar-refractivity contribution in [3.63, 3.8) is 0 Å². The molecule has 2 aliphatic rings. The Morgan fingerprint density at radius 2 is 1.93 bits per heavy atom. The number of nitrogens with zero attached hydrogens (tertiary/aromatic N) is 3. The van der Waals surface area contributed by atoms with Crippen molar-refractivity contribution in [3.05, 3.63) is 35.9 Å². The van der Waals surface area contributed by atoms with Crippen LogP contribution in [0.3, 0.4) is 0 Å². The zero-order valence-electron chi connectivity index (χ0n) is 16.4. The first kappa shape index (κ1) is 18.1. The molecule has 1 amide bonds. The lowest BCUT2D eigenvalue weighted by Crippen LogP contribution is -2.35. The molecule has 0 radical (unpaired) electrons. The van der Waals surface area contributed by atoms with Crippen LogP contribution in [0.5, 0.6) is 0 Å². The van der Waals surface area contributed by atoms with E-state index in [4.69, 9.17) is 4.52 Å². The molecule has 0 bridgehead atoms. The Bertz CT molecular complexity index is 774. The van der Waals surface area contributed by atoms with Crippen LogP contribution in [0.2, 0.25) is 0 Å². The van der Waals surface area contributed by atoms with Gasteiger partial charge in [0.15, 0.2) is 0 Å². The van der Waals surface area contributed by atoms with E-state index in [0.717, 1.165) is 55.2 Å². The molecule has 5 heteroatoms. The molecular weight excluding hydrogens is 338 g/mol. The predicted molar refractivity (Wildman–Crippen MR) is 106 cm³/mol. The van der Waals surface area contributed by atoms with Crippen molar-refractivity contribution in [2.75, 3.05) is 24.5 Å². The molecule has 0 atom stereocenters. The smallest absolute Gasteiger partial charge is 0.232 e. The van der Waals surface area contributed by atoms with Crippen molar-refractivity contribution >= 4 is 11.8 Å². The van der Waals surface area contributed by atoms with Gasteiger partial charge in [0, 0.05) is 31.1 Å². The summed E-state index contributed by atoms with van der Waals surface area (Å²) in [4.78, 5) is 17.2. The van der Waals surface area contributed by atoms with Gasteiger partial charge >= 0.3 is 0 Å². The summed E-state index contributed by atoms with van der Waals surface area (Å²) in [5, 5.41) is 4.43. The SMILES string of the molecule is CC(C)CN(Cc1c(-c2ccccc2)noc1N1CCCC1)C(=O)C1CC1. The molecule has 1 aliphatic heterocycles. The Labute approximate surface area is 161 Å². The average Bonchev–Trinajstić information content (AvgIpc) is 3.21. The van der Waals surface area contributed by atoms with Crippen molar-refractivity contribution < 1.29 is 9.32 Å². The van der Waals surface area contributed by atoms with E-state index >= 15 is 0 Å². The van der Waals surface area contributed by atoms with Gasteiger partial charge in [0.25, 0.3) is 0 Å². The van der Waals surface area contributed by atoms with Gasteiger partial charge in [-0.2, -0.15) is 0 Å². The zero-order valence-corrected chi connectivity index (χ0v) is 16.4. The molecule has 2 aromatic rings. The van der Waals surface area contributed by atoms with Gasteiger partial charge in [0.05, 0.1) is 12.1 Å². The van der Waals surface area contributed by atoms with Crippen molar-refractivity contribution in [3.8, 4) is 11.3 Å². The third-order valence-electron chi connectivity index (χ3n) is 5.38. The second-order valence-electron chi connectivity index (χ2n) is 8.26. The van der Waals surface area contributed by atoms with Crippen molar-refractivity contribution in [2.45, 2.75) is 46.1 Å². The first-order chi connectivity index (χ1) is 13.1. The van der Waals surface area contributed by atoms with E-state index in [0.29, 0.717) is 12.5 Å². The minimum Gasteiger partial charge on any atom is -0.340 e. The van der Waals surface area contributed by atoms with E-state index in [9.17, 15) is 4.79 Å². The third kappa shape index (κ3) is 4.02. The van der Waals surface area contributed by atoms with Gasteiger partial charge in [-0.15, -0.1) is 0 Å². The number of hydrogen-bond acceptors (Lipinski definition) is 4. The first-order valence-electron chi connectivity index (χ1n) is 10.2. The fourth-order valence-corrected chi connectivity index (χ4v) is 3.89. The van der Waals surface area contributed by atoms with Gasteiger partial charge in [0.2, 0.25) is 11.8 Å². The van der Waals surface area contributed by atoms with Crippen LogP contribution in [0.4, 0.5) is 5.88 Å². The average molecular weight is 367 g/mol. The summed E-state index contributed by atoms with van der Waals surface area (Å²) < 4.78 is 5.83. The van der Waals surface area contributed by atoms with E-state index in [1.807, 2.05) is 23.1 Å². The van der Waals surface area contributed by atoms with Gasteiger partial charge in [-0.1, -0.05) is 49.3 Å². The number of anilines is 1. The lowest BCUT2D eigenvalue weighted by molar-refractivity contribution is -0.133.